The summed E-state index contributed by atoms with van der Waals surface area (Å²) in [7, 11) is 0. The lowest BCUT2D eigenvalue weighted by atomic mass is 10.1. The first-order valence-corrected chi connectivity index (χ1v) is 8.36. The molecule has 1 heterocycles. The molecule has 0 fully saturated rings. The first-order chi connectivity index (χ1) is 13.1. The number of alkyl halides is 3. The fraction of sp³-hybridized carbons (Fsp3) is 0.200. The fourth-order valence-electron chi connectivity index (χ4n) is 2.81. The van der Waals surface area contributed by atoms with Gasteiger partial charge in [0.1, 0.15) is 5.75 Å². The Balaban J connectivity index is 1.95. The maximum Gasteiger partial charge on any atom is 0.416 e. The number of rotatable bonds is 4. The molecule has 1 aliphatic rings. The summed E-state index contributed by atoms with van der Waals surface area (Å²) in [6.07, 6.45) is -4.70. The van der Waals surface area contributed by atoms with E-state index in [0.717, 1.165) is 12.1 Å². The van der Waals surface area contributed by atoms with Gasteiger partial charge in [0, 0.05) is 0 Å². The van der Waals surface area contributed by atoms with Crippen molar-refractivity contribution < 1.29 is 32.6 Å². The highest BCUT2D eigenvalue weighted by molar-refractivity contribution is 6.44. The predicted octanol–water partition coefficient (Wildman–Crippen LogP) is 4.34. The first-order valence-electron chi connectivity index (χ1n) is 8.36. The second kappa shape index (κ2) is 7.03. The van der Waals surface area contributed by atoms with Gasteiger partial charge in [-0.15, -0.1) is 0 Å². The molecule has 2 amide bonds. The Hall–Kier alpha value is -3.29. The number of hydrogen-bond acceptors (Lipinski definition) is 4. The van der Waals surface area contributed by atoms with E-state index in [2.05, 4.69) is 0 Å². The maximum absolute atomic E-state index is 12.9. The monoisotopic (exact) mass is 391 g/mol. The van der Waals surface area contributed by atoms with Crippen LogP contribution < -0.4 is 9.64 Å². The van der Waals surface area contributed by atoms with Gasteiger partial charge in [0.15, 0.2) is 5.76 Å². The zero-order chi connectivity index (χ0) is 20.6. The Morgan fingerprint density at radius 2 is 1.64 bits per heavy atom. The lowest BCUT2D eigenvalue weighted by Gasteiger charge is -2.16. The van der Waals surface area contributed by atoms with Gasteiger partial charge in [0.05, 0.1) is 22.9 Å². The molecule has 0 unspecified atom stereocenters. The quantitative estimate of drug-likeness (QED) is 0.788. The van der Waals surface area contributed by atoms with Crippen LogP contribution in [0.25, 0.3) is 5.57 Å². The number of aliphatic hydroxyl groups excluding tert-OH is 1. The van der Waals surface area contributed by atoms with Gasteiger partial charge >= 0.3 is 12.1 Å². The average Bonchev–Trinajstić information content (AvgIpc) is 2.84. The Kier molecular flexibility index (Phi) is 4.89. The normalized spacial score (nSPS) is 15.0. The molecule has 1 aliphatic heterocycles. The average molecular weight is 391 g/mol. The lowest BCUT2D eigenvalue weighted by Crippen LogP contribution is -2.31. The van der Waals surface area contributed by atoms with Crippen LogP contribution in [0, 0.1) is 0 Å². The van der Waals surface area contributed by atoms with Crippen LogP contribution in [0.1, 0.15) is 25.0 Å². The van der Waals surface area contributed by atoms with E-state index >= 15 is 0 Å². The van der Waals surface area contributed by atoms with E-state index in [4.69, 9.17) is 4.74 Å². The van der Waals surface area contributed by atoms with Crippen LogP contribution in [0.2, 0.25) is 0 Å². The molecule has 28 heavy (non-hydrogen) atoms. The molecule has 0 saturated heterocycles. The van der Waals surface area contributed by atoms with E-state index in [-0.39, 0.29) is 22.9 Å². The highest BCUT2D eigenvalue weighted by Gasteiger charge is 2.41. The molecule has 2 aromatic carbocycles. The predicted molar refractivity (Wildman–Crippen MR) is 95.7 cm³/mol. The molecule has 8 heteroatoms. The third-order valence-electron chi connectivity index (χ3n) is 4.01. The minimum atomic E-state index is -4.63. The zero-order valence-electron chi connectivity index (χ0n) is 14.9. The number of nitrogens with zero attached hydrogens (tertiary/aromatic N) is 1. The molecule has 0 saturated carbocycles. The van der Waals surface area contributed by atoms with E-state index < -0.39 is 29.3 Å². The van der Waals surface area contributed by atoms with Gasteiger partial charge in [-0.05, 0) is 49.7 Å². The van der Waals surface area contributed by atoms with Crippen molar-refractivity contribution in [3.8, 4) is 5.75 Å². The summed E-state index contributed by atoms with van der Waals surface area (Å²) in [6.45, 7) is 3.68. The first kappa shape index (κ1) is 19.5. The fourth-order valence-corrected chi connectivity index (χ4v) is 2.81. The third-order valence-corrected chi connectivity index (χ3v) is 4.01. The van der Waals surface area contributed by atoms with E-state index in [1.807, 2.05) is 13.8 Å². The maximum atomic E-state index is 12.9. The van der Waals surface area contributed by atoms with Crippen molar-refractivity contribution in [2.45, 2.75) is 26.1 Å². The number of benzene rings is 2. The second-order valence-corrected chi connectivity index (χ2v) is 6.41. The highest BCUT2D eigenvalue weighted by Crippen LogP contribution is 2.36. The summed E-state index contributed by atoms with van der Waals surface area (Å²) in [6, 6.07) is 9.92. The molecule has 0 spiro atoms. The lowest BCUT2D eigenvalue weighted by molar-refractivity contribution is -0.137. The Morgan fingerprint density at radius 3 is 2.21 bits per heavy atom. The van der Waals surface area contributed by atoms with Gasteiger partial charge in [0.25, 0.3) is 5.91 Å². The summed E-state index contributed by atoms with van der Waals surface area (Å²) in [5.41, 5.74) is -1.31. The van der Waals surface area contributed by atoms with Gasteiger partial charge in [-0.1, -0.05) is 18.2 Å². The van der Waals surface area contributed by atoms with Crippen molar-refractivity contribution in [1.82, 2.24) is 0 Å². The van der Waals surface area contributed by atoms with E-state index in [0.29, 0.717) is 16.7 Å². The van der Waals surface area contributed by atoms with Gasteiger partial charge < -0.3 is 9.84 Å². The van der Waals surface area contributed by atoms with Crippen molar-refractivity contribution in [2.24, 2.45) is 0 Å². The Labute approximate surface area is 158 Å². The number of amides is 2. The summed E-state index contributed by atoms with van der Waals surface area (Å²) < 4.78 is 44.3. The molecule has 1 N–H and O–H groups in total. The van der Waals surface area contributed by atoms with Crippen LogP contribution in [0.15, 0.2) is 54.3 Å². The number of hydrogen-bond donors (Lipinski definition) is 1. The third kappa shape index (κ3) is 3.58. The van der Waals surface area contributed by atoms with Crippen molar-refractivity contribution in [3.63, 3.8) is 0 Å². The summed E-state index contributed by atoms with van der Waals surface area (Å²) in [4.78, 5) is 25.6. The van der Waals surface area contributed by atoms with Crippen LogP contribution in [0.4, 0.5) is 18.9 Å². The molecule has 5 nitrogen and oxygen atoms in total. The Morgan fingerprint density at radius 1 is 1.00 bits per heavy atom. The van der Waals surface area contributed by atoms with Gasteiger partial charge in [-0.2, -0.15) is 13.2 Å². The largest absolute Gasteiger partial charge is 0.502 e. The summed E-state index contributed by atoms with van der Waals surface area (Å²) in [5, 5.41) is 10.2. The van der Waals surface area contributed by atoms with Crippen LogP contribution in [-0.2, 0) is 15.8 Å². The molecule has 3 rings (SSSR count). The number of halogens is 3. The molecule has 0 aromatic heterocycles. The number of aliphatic hydroxyl groups is 1. The van der Waals surface area contributed by atoms with E-state index in [9.17, 15) is 27.9 Å². The minimum Gasteiger partial charge on any atom is -0.502 e. The number of imide groups is 1. The van der Waals surface area contributed by atoms with Crippen LogP contribution >= 0.6 is 0 Å². The minimum absolute atomic E-state index is 0.0652. The van der Waals surface area contributed by atoms with E-state index in [1.165, 1.54) is 18.2 Å². The van der Waals surface area contributed by atoms with Crippen LogP contribution in [0.3, 0.4) is 0 Å². The molecule has 0 radical (unpaired) electrons. The van der Waals surface area contributed by atoms with Gasteiger partial charge in [-0.25, -0.2) is 4.90 Å². The van der Waals surface area contributed by atoms with Gasteiger partial charge in [0.2, 0.25) is 0 Å². The smallest absolute Gasteiger partial charge is 0.416 e. The van der Waals surface area contributed by atoms with Gasteiger partial charge in [-0.3, -0.25) is 9.59 Å². The number of carbonyl (C=O) groups excluding carboxylic acids is 2. The van der Waals surface area contributed by atoms with Crippen molar-refractivity contribution in [2.75, 3.05) is 4.90 Å². The number of anilines is 1. The van der Waals surface area contributed by atoms with E-state index in [1.54, 1.807) is 12.1 Å². The standard InChI is InChI=1S/C20H16F3NO4/c1-11(2)28-15-8-6-12(7-9-15)16-17(25)19(27)24(18(16)26)14-5-3-4-13(10-14)20(21,22)23/h3-11,25H,1-2H3. The van der Waals surface area contributed by atoms with Crippen molar-refractivity contribution in [1.29, 1.82) is 0 Å². The highest BCUT2D eigenvalue weighted by atomic mass is 19.4. The number of carbonyl (C=O) groups is 2. The van der Waals surface area contributed by atoms with Crippen molar-refractivity contribution in [3.05, 3.63) is 65.4 Å². The molecule has 0 aliphatic carbocycles. The van der Waals surface area contributed by atoms with Crippen LogP contribution in [0.5, 0.6) is 5.75 Å². The molecule has 2 aromatic rings. The molecule has 146 valence electrons. The molecule has 0 atom stereocenters. The van der Waals surface area contributed by atoms with Crippen molar-refractivity contribution >= 4 is 23.1 Å². The molecular formula is C20H16F3NO4. The number of ether oxygens (including phenoxy) is 1. The SMILES string of the molecule is CC(C)Oc1ccc(C2=C(O)C(=O)N(c3cccc(C(F)(F)F)c3)C2=O)cc1. The molecular weight excluding hydrogens is 375 g/mol. The summed E-state index contributed by atoms with van der Waals surface area (Å²) >= 11 is 0. The topological polar surface area (TPSA) is 66.8 Å². The molecule has 0 bridgehead atoms. The summed E-state index contributed by atoms with van der Waals surface area (Å²) in [5.74, 6) is -2.27. The van der Waals surface area contributed by atoms with Crippen LogP contribution in [-0.4, -0.2) is 23.0 Å². The Bertz CT molecular complexity index is 962. The second-order valence-electron chi connectivity index (χ2n) is 6.41. The zero-order valence-corrected chi connectivity index (χ0v) is 14.9.